The number of alkyl halides is 2. The van der Waals surface area contributed by atoms with E-state index in [4.69, 9.17) is 5.41 Å². The fourth-order valence-electron chi connectivity index (χ4n) is 4.29. The van der Waals surface area contributed by atoms with E-state index in [-0.39, 0.29) is 13.4 Å². The Morgan fingerprint density at radius 1 is 1.16 bits per heavy atom. The summed E-state index contributed by atoms with van der Waals surface area (Å²) in [6.07, 6.45) is 2.38. The first kappa shape index (κ1) is 25.7. The average molecular weight is 514 g/mol. The molecule has 1 aromatic heterocycles. The van der Waals surface area contributed by atoms with Crippen LogP contribution in [0, 0.1) is 11.2 Å². The predicted octanol–water partition coefficient (Wildman–Crippen LogP) is 4.13. The van der Waals surface area contributed by atoms with Crippen LogP contribution in [0.2, 0.25) is 0 Å². The zero-order valence-electron chi connectivity index (χ0n) is 20.0. The summed E-state index contributed by atoms with van der Waals surface area (Å²) in [4.78, 5) is 38.1. The molecule has 0 bridgehead atoms. The van der Waals surface area contributed by atoms with Crippen molar-refractivity contribution in [1.29, 1.82) is 5.41 Å². The van der Waals surface area contributed by atoms with Crippen molar-refractivity contribution in [3.63, 3.8) is 0 Å². The number of carbonyl (C=O) groups is 2. The lowest BCUT2D eigenvalue weighted by molar-refractivity contribution is -0.143. The van der Waals surface area contributed by atoms with Gasteiger partial charge in [-0.25, -0.2) is 4.39 Å². The van der Waals surface area contributed by atoms with Crippen molar-refractivity contribution < 1.29 is 24.2 Å². The Morgan fingerprint density at radius 2 is 1.92 bits per heavy atom. The van der Waals surface area contributed by atoms with Gasteiger partial charge in [-0.2, -0.15) is 8.78 Å². The second-order valence-electron chi connectivity index (χ2n) is 8.84. The highest BCUT2D eigenvalue weighted by Crippen LogP contribution is 2.39. The van der Waals surface area contributed by atoms with Gasteiger partial charge in [0.1, 0.15) is 5.82 Å². The first-order valence-electron chi connectivity index (χ1n) is 11.3. The maximum atomic E-state index is 14.1. The van der Waals surface area contributed by atoms with Crippen molar-refractivity contribution in [3.05, 3.63) is 88.1 Å². The van der Waals surface area contributed by atoms with E-state index in [0.717, 1.165) is 6.21 Å². The highest BCUT2D eigenvalue weighted by atomic mass is 19.3. The zero-order chi connectivity index (χ0) is 26.9. The number of aryl methyl sites for hydroxylation is 1. The molecule has 2 aromatic carbocycles. The molecule has 2 heterocycles. The smallest absolute Gasteiger partial charge is 0.321 e. The van der Waals surface area contributed by atoms with Crippen LogP contribution in [0.1, 0.15) is 31.9 Å². The van der Waals surface area contributed by atoms with E-state index in [9.17, 15) is 27.6 Å². The van der Waals surface area contributed by atoms with E-state index in [2.05, 4.69) is 10.6 Å². The SMILES string of the molecule is Cn1cc(Nc2ccc(N3C(=O)C[C@@H](NC(=O)C(C)(F)F)[C@@H]3c3cccc(F)c3)cc2C=N)ccc1=O.[HH]. The molecule has 11 heteroatoms. The molecule has 4 rings (SSSR count). The zero-order valence-corrected chi connectivity index (χ0v) is 20.0. The summed E-state index contributed by atoms with van der Waals surface area (Å²) < 4.78 is 42.7. The normalized spacial score (nSPS) is 17.5. The van der Waals surface area contributed by atoms with Gasteiger partial charge in [0.05, 0.1) is 17.8 Å². The summed E-state index contributed by atoms with van der Waals surface area (Å²) in [6.45, 7) is 0.459. The van der Waals surface area contributed by atoms with Crippen molar-refractivity contribution in [2.24, 2.45) is 7.05 Å². The van der Waals surface area contributed by atoms with Gasteiger partial charge in [-0.3, -0.25) is 14.4 Å². The first-order valence-corrected chi connectivity index (χ1v) is 11.3. The van der Waals surface area contributed by atoms with Crippen LogP contribution in [0.5, 0.6) is 0 Å². The number of nitrogens with one attached hydrogen (secondary N) is 3. The van der Waals surface area contributed by atoms with E-state index in [1.807, 2.05) is 0 Å². The van der Waals surface area contributed by atoms with Crippen molar-refractivity contribution >= 4 is 35.1 Å². The monoisotopic (exact) mass is 513 g/mol. The fraction of sp³-hybridized carbons (Fsp3) is 0.231. The summed E-state index contributed by atoms with van der Waals surface area (Å²) >= 11 is 0. The second kappa shape index (κ2) is 9.92. The Hall–Kier alpha value is -4.41. The second-order valence-corrected chi connectivity index (χ2v) is 8.84. The molecule has 3 aromatic rings. The molecular weight excluding hydrogens is 487 g/mol. The quantitative estimate of drug-likeness (QED) is 0.413. The molecule has 0 aliphatic carbocycles. The first-order chi connectivity index (χ1) is 17.5. The Kier molecular flexibility index (Phi) is 6.88. The van der Waals surface area contributed by atoms with Crippen LogP contribution in [-0.2, 0) is 16.6 Å². The van der Waals surface area contributed by atoms with Crippen molar-refractivity contribution in [2.45, 2.75) is 31.4 Å². The Labute approximate surface area is 211 Å². The van der Waals surface area contributed by atoms with Gasteiger partial charge >= 0.3 is 5.92 Å². The standard InChI is InChI=1S/C26H24F3N5O3.H2/c1-26(28,29)25(37)32-21-12-23(36)34(24(21)15-4-3-5-17(27)10-15)19-7-8-20(16(11-19)13-30)31-18-6-9-22(35)33(2)14-18;/h3-11,13-14,21,24,30-31H,12H2,1-2H3,(H,32,37);1H/t21-,24+;/m1./s1. The maximum absolute atomic E-state index is 14.1. The predicted molar refractivity (Wildman–Crippen MR) is 135 cm³/mol. The summed E-state index contributed by atoms with van der Waals surface area (Å²) in [7, 11) is 1.60. The van der Waals surface area contributed by atoms with Crippen LogP contribution < -0.4 is 21.1 Å². The fourth-order valence-corrected chi connectivity index (χ4v) is 4.29. The molecule has 1 aliphatic rings. The lowest BCUT2D eigenvalue weighted by atomic mass is 9.99. The van der Waals surface area contributed by atoms with Crippen LogP contribution in [0.25, 0.3) is 0 Å². The highest BCUT2D eigenvalue weighted by molar-refractivity contribution is 6.00. The van der Waals surface area contributed by atoms with Gasteiger partial charge in [0.25, 0.3) is 5.91 Å². The minimum atomic E-state index is -3.66. The summed E-state index contributed by atoms with van der Waals surface area (Å²) in [5, 5.41) is 13.2. The van der Waals surface area contributed by atoms with Gasteiger partial charge in [0.15, 0.2) is 0 Å². The Morgan fingerprint density at radius 3 is 2.57 bits per heavy atom. The van der Waals surface area contributed by atoms with Crippen LogP contribution >= 0.6 is 0 Å². The molecule has 0 unspecified atom stereocenters. The molecule has 194 valence electrons. The van der Waals surface area contributed by atoms with Gasteiger partial charge in [-0.05, 0) is 42.0 Å². The summed E-state index contributed by atoms with van der Waals surface area (Å²) in [5.41, 5.74) is 1.97. The molecule has 8 nitrogen and oxygen atoms in total. The largest absolute Gasteiger partial charge is 0.354 e. The topological polar surface area (TPSA) is 107 Å². The number of carbonyl (C=O) groups excluding carboxylic acids is 2. The number of amides is 2. The number of hydrogen-bond donors (Lipinski definition) is 3. The minimum absolute atomic E-state index is 0. The third-order valence-corrected chi connectivity index (χ3v) is 6.06. The third kappa shape index (κ3) is 5.40. The molecule has 1 aliphatic heterocycles. The van der Waals surface area contributed by atoms with Crippen molar-refractivity contribution in [1.82, 2.24) is 9.88 Å². The lowest BCUT2D eigenvalue weighted by Crippen LogP contribution is -2.46. The minimum Gasteiger partial charge on any atom is -0.354 e. The van der Waals surface area contributed by atoms with Gasteiger partial charge in [0.2, 0.25) is 11.5 Å². The Bertz CT molecular complexity index is 1440. The van der Waals surface area contributed by atoms with E-state index < -0.39 is 35.6 Å². The lowest BCUT2D eigenvalue weighted by Gasteiger charge is -2.30. The maximum Gasteiger partial charge on any atom is 0.321 e. The number of anilines is 3. The highest BCUT2D eigenvalue weighted by Gasteiger charge is 2.45. The number of halogens is 3. The average Bonchev–Trinajstić information content (AvgIpc) is 3.16. The van der Waals surface area contributed by atoms with E-state index in [1.165, 1.54) is 33.7 Å². The molecule has 1 fully saturated rings. The van der Waals surface area contributed by atoms with Crippen molar-refractivity contribution in [2.75, 3.05) is 10.2 Å². The number of aromatic nitrogens is 1. The van der Waals surface area contributed by atoms with E-state index in [1.54, 1.807) is 43.6 Å². The molecule has 0 radical (unpaired) electrons. The summed E-state index contributed by atoms with van der Waals surface area (Å²) in [6, 6.07) is 11.1. The van der Waals surface area contributed by atoms with E-state index in [0.29, 0.717) is 35.1 Å². The Balaban J connectivity index is 0.00000400. The van der Waals surface area contributed by atoms with E-state index >= 15 is 0 Å². The van der Waals surface area contributed by atoms with Crippen LogP contribution in [-0.4, -0.2) is 34.6 Å². The van der Waals surface area contributed by atoms with Crippen LogP contribution in [0.4, 0.5) is 30.2 Å². The molecule has 3 N–H and O–H groups in total. The molecule has 2 amide bonds. The van der Waals surface area contributed by atoms with Gasteiger partial charge < -0.3 is 25.5 Å². The number of hydrogen-bond acceptors (Lipinski definition) is 5. The number of nitrogens with zero attached hydrogens (tertiary/aromatic N) is 2. The third-order valence-electron chi connectivity index (χ3n) is 6.06. The summed E-state index contributed by atoms with van der Waals surface area (Å²) in [5.74, 6) is -6.25. The molecule has 1 saturated heterocycles. The number of rotatable bonds is 7. The van der Waals surface area contributed by atoms with Gasteiger partial charge in [0, 0.05) is 57.2 Å². The van der Waals surface area contributed by atoms with Gasteiger partial charge in [-0.1, -0.05) is 12.1 Å². The molecular formula is C26H26F3N5O3. The van der Waals surface area contributed by atoms with Gasteiger partial charge in [-0.15, -0.1) is 0 Å². The molecule has 0 spiro atoms. The van der Waals surface area contributed by atoms with Crippen molar-refractivity contribution in [3.8, 4) is 0 Å². The number of pyridine rings is 1. The molecule has 0 saturated carbocycles. The molecule has 37 heavy (non-hydrogen) atoms. The molecule has 2 atom stereocenters. The van der Waals surface area contributed by atoms with Crippen LogP contribution in [0.3, 0.4) is 0 Å². The van der Waals surface area contributed by atoms with Crippen LogP contribution in [0.15, 0.2) is 65.6 Å². The number of benzene rings is 2.